The Morgan fingerprint density at radius 2 is 2.00 bits per heavy atom. The number of ether oxygens (including phenoxy) is 2. The zero-order chi connectivity index (χ0) is 23.8. The van der Waals surface area contributed by atoms with Crippen LogP contribution in [0.15, 0.2) is 48.8 Å². The maximum absolute atomic E-state index is 6.51. The van der Waals surface area contributed by atoms with Gasteiger partial charge >= 0.3 is 0 Å². The number of nitrogens with zero attached hydrogens (tertiary/aromatic N) is 4. The number of para-hydroxylation sites is 1. The number of aryl methyl sites for hydroxylation is 1. The van der Waals surface area contributed by atoms with E-state index < -0.39 is 0 Å². The van der Waals surface area contributed by atoms with Gasteiger partial charge in [0.05, 0.1) is 35.4 Å². The van der Waals surface area contributed by atoms with Crippen molar-refractivity contribution in [2.75, 3.05) is 38.3 Å². The number of fused-ring (bicyclic) bond motifs is 1. The van der Waals surface area contributed by atoms with Gasteiger partial charge in [-0.1, -0.05) is 29.8 Å². The second kappa shape index (κ2) is 9.04. The van der Waals surface area contributed by atoms with Crippen molar-refractivity contribution in [3.8, 4) is 22.8 Å². The number of nitrogen functional groups attached to an aromatic ring is 1. The predicted octanol–water partition coefficient (Wildman–Crippen LogP) is 4.71. The molecule has 1 unspecified atom stereocenters. The molecule has 1 saturated heterocycles. The summed E-state index contributed by atoms with van der Waals surface area (Å²) in [6.45, 7) is 1.88. The van der Waals surface area contributed by atoms with Gasteiger partial charge in [-0.05, 0) is 25.6 Å². The Labute approximate surface area is 203 Å². The minimum Gasteiger partial charge on any atom is -0.494 e. The molecular weight excluding hydrogens is 452 g/mol. The number of anilines is 3. The first-order valence-corrected chi connectivity index (χ1v) is 11.5. The van der Waals surface area contributed by atoms with E-state index in [2.05, 4.69) is 38.9 Å². The molecule has 1 aliphatic rings. The Kier molecular flexibility index (Phi) is 5.93. The van der Waals surface area contributed by atoms with E-state index in [1.165, 1.54) is 0 Å². The largest absolute Gasteiger partial charge is 0.494 e. The van der Waals surface area contributed by atoms with Gasteiger partial charge in [-0.15, -0.1) is 0 Å². The number of rotatable bonds is 6. The highest BCUT2D eigenvalue weighted by atomic mass is 35.5. The summed E-state index contributed by atoms with van der Waals surface area (Å²) in [4.78, 5) is 11.3. The molecule has 176 valence electrons. The molecular formula is C25H27ClN6O2. The van der Waals surface area contributed by atoms with E-state index in [1.807, 2.05) is 25.4 Å². The number of hydrogen-bond acceptors (Lipinski definition) is 7. The summed E-state index contributed by atoms with van der Waals surface area (Å²) in [5.74, 6) is 1.58. The number of benzene rings is 2. The van der Waals surface area contributed by atoms with Crippen molar-refractivity contribution in [2.45, 2.75) is 12.5 Å². The molecule has 1 aliphatic heterocycles. The van der Waals surface area contributed by atoms with Crippen LogP contribution in [0.25, 0.3) is 22.2 Å². The molecule has 0 spiro atoms. The molecule has 1 fully saturated rings. The standard InChI is InChI=1S/C25H27ClN6O2/c1-31-9-8-15(13-31)34-22-11-23(33-3)20(10-19(22)27)29-25-28-12-18(26)24(30-25)17-14-32(2)21-7-5-4-6-16(17)21/h4-7,10-12,14-15H,8-9,13,27H2,1-3H3,(H,28,29,30). The van der Waals surface area contributed by atoms with Crippen LogP contribution < -0.4 is 20.5 Å². The van der Waals surface area contributed by atoms with E-state index in [0.717, 1.165) is 36.0 Å². The summed E-state index contributed by atoms with van der Waals surface area (Å²) >= 11 is 6.51. The summed E-state index contributed by atoms with van der Waals surface area (Å²) < 4.78 is 13.8. The topological polar surface area (TPSA) is 90.5 Å². The van der Waals surface area contributed by atoms with Crippen LogP contribution in [0.2, 0.25) is 5.02 Å². The molecule has 5 rings (SSSR count). The highest BCUT2D eigenvalue weighted by Gasteiger charge is 2.23. The van der Waals surface area contributed by atoms with E-state index in [4.69, 9.17) is 31.8 Å². The average molecular weight is 479 g/mol. The number of hydrogen-bond donors (Lipinski definition) is 2. The molecule has 0 aliphatic carbocycles. The molecule has 0 saturated carbocycles. The lowest BCUT2D eigenvalue weighted by atomic mass is 10.1. The second-order valence-corrected chi connectivity index (χ2v) is 8.97. The zero-order valence-electron chi connectivity index (χ0n) is 19.4. The van der Waals surface area contributed by atoms with Crippen molar-refractivity contribution in [3.05, 3.63) is 53.8 Å². The van der Waals surface area contributed by atoms with Gasteiger partial charge in [0.2, 0.25) is 5.95 Å². The van der Waals surface area contributed by atoms with Crippen LogP contribution in [0.1, 0.15) is 6.42 Å². The lowest BCUT2D eigenvalue weighted by molar-refractivity contribution is 0.208. The van der Waals surface area contributed by atoms with Gasteiger partial charge in [-0.25, -0.2) is 9.97 Å². The minimum absolute atomic E-state index is 0.110. The van der Waals surface area contributed by atoms with Crippen LogP contribution in [0.4, 0.5) is 17.3 Å². The van der Waals surface area contributed by atoms with Crippen molar-refractivity contribution >= 4 is 39.8 Å². The number of likely N-dealkylation sites (tertiary alicyclic amines) is 1. The monoisotopic (exact) mass is 478 g/mol. The van der Waals surface area contributed by atoms with E-state index in [1.54, 1.807) is 25.4 Å². The first-order chi connectivity index (χ1) is 16.4. The quantitative estimate of drug-likeness (QED) is 0.388. The average Bonchev–Trinajstić information content (AvgIpc) is 3.39. The van der Waals surface area contributed by atoms with Gasteiger partial charge in [0.15, 0.2) is 0 Å². The van der Waals surface area contributed by atoms with Crippen LogP contribution >= 0.6 is 11.6 Å². The Hall–Kier alpha value is -3.49. The van der Waals surface area contributed by atoms with Crippen molar-refractivity contribution in [1.82, 2.24) is 19.4 Å². The smallest absolute Gasteiger partial charge is 0.227 e. The lowest BCUT2D eigenvalue weighted by Gasteiger charge is -2.18. The lowest BCUT2D eigenvalue weighted by Crippen LogP contribution is -2.21. The number of likely N-dealkylation sites (N-methyl/N-ethyl adjacent to an activating group) is 1. The Morgan fingerprint density at radius 1 is 1.18 bits per heavy atom. The van der Waals surface area contributed by atoms with Gasteiger partial charge < -0.3 is 30.0 Å². The maximum atomic E-state index is 6.51. The Morgan fingerprint density at radius 3 is 2.76 bits per heavy atom. The highest BCUT2D eigenvalue weighted by molar-refractivity contribution is 6.33. The molecule has 4 aromatic rings. The molecule has 3 N–H and O–H groups in total. The molecule has 2 aromatic heterocycles. The number of methoxy groups -OCH3 is 1. The fraction of sp³-hybridized carbons (Fsp3) is 0.280. The van der Waals surface area contributed by atoms with Crippen LogP contribution in [-0.2, 0) is 7.05 Å². The Balaban J connectivity index is 1.46. The number of nitrogens with two attached hydrogens (primary N) is 1. The third kappa shape index (κ3) is 4.22. The van der Waals surface area contributed by atoms with Crippen LogP contribution in [-0.4, -0.2) is 52.8 Å². The third-order valence-corrected chi connectivity index (χ3v) is 6.39. The molecule has 3 heterocycles. The van der Waals surface area contributed by atoms with Crippen LogP contribution in [0.5, 0.6) is 11.5 Å². The minimum atomic E-state index is 0.110. The van der Waals surface area contributed by atoms with Crippen molar-refractivity contribution in [2.24, 2.45) is 7.05 Å². The molecule has 2 aromatic carbocycles. The molecule has 0 bridgehead atoms. The molecule has 0 amide bonds. The van der Waals surface area contributed by atoms with Crippen molar-refractivity contribution < 1.29 is 9.47 Å². The summed E-state index contributed by atoms with van der Waals surface area (Å²) in [6.07, 6.45) is 4.69. The van der Waals surface area contributed by atoms with E-state index >= 15 is 0 Å². The first kappa shape index (κ1) is 22.3. The summed E-state index contributed by atoms with van der Waals surface area (Å²) in [6, 6.07) is 11.7. The number of halogens is 1. The van der Waals surface area contributed by atoms with Gasteiger partial charge in [0.25, 0.3) is 0 Å². The van der Waals surface area contributed by atoms with Crippen molar-refractivity contribution in [1.29, 1.82) is 0 Å². The predicted molar refractivity (Wildman–Crippen MR) is 136 cm³/mol. The normalized spacial score (nSPS) is 16.2. The molecule has 0 radical (unpaired) electrons. The van der Waals surface area contributed by atoms with Gasteiger partial charge in [0.1, 0.15) is 17.6 Å². The number of aromatic nitrogens is 3. The molecule has 9 heteroatoms. The fourth-order valence-electron chi connectivity index (χ4n) is 4.38. The van der Waals surface area contributed by atoms with Crippen LogP contribution in [0, 0.1) is 0 Å². The van der Waals surface area contributed by atoms with E-state index in [9.17, 15) is 0 Å². The van der Waals surface area contributed by atoms with Gasteiger partial charge in [0, 0.05) is 48.9 Å². The fourth-order valence-corrected chi connectivity index (χ4v) is 4.58. The molecule has 1 atom stereocenters. The summed E-state index contributed by atoms with van der Waals surface area (Å²) in [5.41, 5.74) is 10.2. The highest BCUT2D eigenvalue weighted by Crippen LogP contribution is 2.38. The number of nitrogens with one attached hydrogen (secondary N) is 1. The van der Waals surface area contributed by atoms with E-state index in [0.29, 0.717) is 39.5 Å². The third-order valence-electron chi connectivity index (χ3n) is 6.12. The maximum Gasteiger partial charge on any atom is 0.227 e. The van der Waals surface area contributed by atoms with Crippen LogP contribution in [0.3, 0.4) is 0 Å². The second-order valence-electron chi connectivity index (χ2n) is 8.57. The summed E-state index contributed by atoms with van der Waals surface area (Å²) in [5, 5.41) is 4.77. The van der Waals surface area contributed by atoms with Crippen molar-refractivity contribution in [3.63, 3.8) is 0 Å². The van der Waals surface area contributed by atoms with E-state index in [-0.39, 0.29) is 6.10 Å². The Bertz CT molecular complexity index is 1350. The molecule has 34 heavy (non-hydrogen) atoms. The zero-order valence-corrected chi connectivity index (χ0v) is 20.1. The van der Waals surface area contributed by atoms with Gasteiger partial charge in [-0.2, -0.15) is 0 Å². The summed E-state index contributed by atoms with van der Waals surface area (Å²) in [7, 11) is 5.69. The van der Waals surface area contributed by atoms with Gasteiger partial charge in [-0.3, -0.25) is 0 Å². The molecule has 8 nitrogen and oxygen atoms in total. The first-order valence-electron chi connectivity index (χ1n) is 11.1. The SMILES string of the molecule is COc1cc(OC2CCN(C)C2)c(N)cc1Nc1ncc(Cl)c(-c2cn(C)c3ccccc23)n1.